The van der Waals surface area contributed by atoms with Crippen LogP contribution in [0.2, 0.25) is 0 Å². The lowest BCUT2D eigenvalue weighted by Crippen LogP contribution is -1.98. The SMILES string of the molecule is C=C(C)C(=O)OC.C=Cc1ccccc1CC=C(C)C(=O)O. The average Bonchev–Trinajstić information content (AvgIpc) is 2.52. The first-order chi connectivity index (χ1) is 10.3. The lowest BCUT2D eigenvalue weighted by Gasteiger charge is -2.02. The highest BCUT2D eigenvalue weighted by Gasteiger charge is 2.00. The van der Waals surface area contributed by atoms with E-state index in [1.807, 2.05) is 24.3 Å². The lowest BCUT2D eigenvalue weighted by molar-refractivity contribution is -0.136. The van der Waals surface area contributed by atoms with Crippen molar-refractivity contribution in [3.05, 3.63) is 65.8 Å². The van der Waals surface area contributed by atoms with Crippen LogP contribution in [0.4, 0.5) is 0 Å². The molecule has 0 atom stereocenters. The van der Waals surface area contributed by atoms with E-state index in [1.165, 1.54) is 7.11 Å². The molecule has 0 aliphatic rings. The third kappa shape index (κ3) is 7.24. The largest absolute Gasteiger partial charge is 0.478 e. The Hall–Kier alpha value is -2.62. The molecule has 118 valence electrons. The second kappa shape index (κ2) is 10.2. The average molecular weight is 302 g/mol. The first-order valence-electron chi connectivity index (χ1n) is 6.67. The normalized spacial score (nSPS) is 10.0. The molecule has 0 aliphatic carbocycles. The smallest absolute Gasteiger partial charge is 0.332 e. The van der Waals surface area contributed by atoms with Crippen LogP contribution < -0.4 is 0 Å². The molecule has 1 rings (SSSR count). The predicted molar refractivity (Wildman–Crippen MR) is 88.5 cm³/mol. The van der Waals surface area contributed by atoms with Crippen LogP contribution >= 0.6 is 0 Å². The molecule has 0 aliphatic heterocycles. The van der Waals surface area contributed by atoms with Gasteiger partial charge in [0.1, 0.15) is 0 Å². The van der Waals surface area contributed by atoms with E-state index in [2.05, 4.69) is 17.9 Å². The van der Waals surface area contributed by atoms with E-state index in [4.69, 9.17) is 5.11 Å². The van der Waals surface area contributed by atoms with Gasteiger partial charge in [-0.1, -0.05) is 49.6 Å². The van der Waals surface area contributed by atoms with Crippen LogP contribution in [0.15, 0.2) is 54.6 Å². The molecule has 1 aromatic carbocycles. The predicted octanol–water partition coefficient (Wildman–Crippen LogP) is 3.64. The highest BCUT2D eigenvalue weighted by molar-refractivity contribution is 5.86. The molecule has 0 saturated carbocycles. The molecule has 0 amide bonds. The number of methoxy groups -OCH3 is 1. The van der Waals surface area contributed by atoms with Gasteiger partial charge in [0.25, 0.3) is 0 Å². The van der Waals surface area contributed by atoms with Gasteiger partial charge in [0.2, 0.25) is 0 Å². The minimum Gasteiger partial charge on any atom is -0.478 e. The Morgan fingerprint density at radius 3 is 2.27 bits per heavy atom. The molecule has 4 heteroatoms. The van der Waals surface area contributed by atoms with Gasteiger partial charge in [-0.3, -0.25) is 0 Å². The van der Waals surface area contributed by atoms with Crippen LogP contribution in [0.3, 0.4) is 0 Å². The summed E-state index contributed by atoms with van der Waals surface area (Å²) in [6.45, 7) is 10.3. The summed E-state index contributed by atoms with van der Waals surface area (Å²) < 4.78 is 4.27. The van der Waals surface area contributed by atoms with Crippen molar-refractivity contribution in [1.29, 1.82) is 0 Å². The zero-order valence-electron chi connectivity index (χ0n) is 13.3. The summed E-state index contributed by atoms with van der Waals surface area (Å²) in [5.41, 5.74) is 2.94. The zero-order chi connectivity index (χ0) is 17.1. The van der Waals surface area contributed by atoms with Gasteiger partial charge in [0.15, 0.2) is 0 Å². The van der Waals surface area contributed by atoms with Crippen molar-refractivity contribution < 1.29 is 19.4 Å². The van der Waals surface area contributed by atoms with Gasteiger partial charge in [-0.25, -0.2) is 9.59 Å². The van der Waals surface area contributed by atoms with Crippen LogP contribution in [0.1, 0.15) is 25.0 Å². The van der Waals surface area contributed by atoms with Crippen molar-refractivity contribution >= 4 is 18.0 Å². The molecule has 0 fully saturated rings. The number of carbonyl (C=O) groups excluding carboxylic acids is 1. The van der Waals surface area contributed by atoms with Crippen LogP contribution in [0.25, 0.3) is 6.08 Å². The molecule has 0 bridgehead atoms. The van der Waals surface area contributed by atoms with Crippen molar-refractivity contribution in [3.63, 3.8) is 0 Å². The fourth-order valence-corrected chi connectivity index (χ4v) is 1.44. The highest BCUT2D eigenvalue weighted by Crippen LogP contribution is 2.12. The van der Waals surface area contributed by atoms with Gasteiger partial charge in [0.05, 0.1) is 7.11 Å². The maximum Gasteiger partial charge on any atom is 0.332 e. The van der Waals surface area contributed by atoms with Gasteiger partial charge in [-0.2, -0.15) is 0 Å². The minimum atomic E-state index is -0.869. The van der Waals surface area contributed by atoms with Crippen LogP contribution in [-0.4, -0.2) is 24.2 Å². The summed E-state index contributed by atoms with van der Waals surface area (Å²) in [6, 6.07) is 7.81. The first-order valence-corrected chi connectivity index (χ1v) is 6.67. The number of benzene rings is 1. The summed E-state index contributed by atoms with van der Waals surface area (Å²) >= 11 is 0. The summed E-state index contributed by atoms with van der Waals surface area (Å²) in [5, 5.41) is 8.70. The number of hydrogen-bond donors (Lipinski definition) is 1. The Bertz CT molecular complexity index is 583. The number of carboxylic acid groups (broad SMARTS) is 1. The molecule has 0 spiro atoms. The van der Waals surface area contributed by atoms with Gasteiger partial charge in [0, 0.05) is 11.1 Å². The summed E-state index contributed by atoms with van der Waals surface area (Å²) in [5.74, 6) is -1.22. The van der Waals surface area contributed by atoms with E-state index >= 15 is 0 Å². The van der Waals surface area contributed by atoms with Gasteiger partial charge in [-0.05, 0) is 31.4 Å². The molecule has 0 saturated heterocycles. The number of hydrogen-bond acceptors (Lipinski definition) is 3. The number of esters is 1. The molecule has 1 N–H and O–H groups in total. The zero-order valence-corrected chi connectivity index (χ0v) is 13.3. The van der Waals surface area contributed by atoms with Crippen LogP contribution in [-0.2, 0) is 20.7 Å². The molecule has 0 heterocycles. The summed E-state index contributed by atoms with van der Waals surface area (Å²) in [4.78, 5) is 20.8. The van der Waals surface area contributed by atoms with E-state index in [0.29, 0.717) is 17.6 Å². The quantitative estimate of drug-likeness (QED) is 0.666. The number of aliphatic carboxylic acids is 1. The molecule has 0 aromatic heterocycles. The van der Waals surface area contributed by atoms with Crippen molar-refractivity contribution in [1.82, 2.24) is 0 Å². The van der Waals surface area contributed by atoms with E-state index in [-0.39, 0.29) is 5.97 Å². The number of rotatable bonds is 5. The Balaban J connectivity index is 0.000000534. The number of carboxylic acids is 1. The van der Waals surface area contributed by atoms with Gasteiger partial charge >= 0.3 is 11.9 Å². The van der Waals surface area contributed by atoms with Crippen molar-refractivity contribution in [2.45, 2.75) is 20.3 Å². The van der Waals surface area contributed by atoms with E-state index in [1.54, 1.807) is 26.0 Å². The molecule has 1 aromatic rings. The second-order valence-electron chi connectivity index (χ2n) is 4.57. The van der Waals surface area contributed by atoms with E-state index in [9.17, 15) is 9.59 Å². The molecular formula is C18H22O4. The van der Waals surface area contributed by atoms with Gasteiger partial charge < -0.3 is 9.84 Å². The first kappa shape index (κ1) is 19.4. The molecule has 4 nitrogen and oxygen atoms in total. The summed E-state index contributed by atoms with van der Waals surface area (Å²) in [6.07, 6.45) is 4.12. The van der Waals surface area contributed by atoms with E-state index < -0.39 is 5.97 Å². The molecule has 22 heavy (non-hydrogen) atoms. The Morgan fingerprint density at radius 2 is 1.86 bits per heavy atom. The monoisotopic (exact) mass is 302 g/mol. The highest BCUT2D eigenvalue weighted by atomic mass is 16.5. The maximum atomic E-state index is 10.6. The van der Waals surface area contributed by atoms with Crippen molar-refractivity contribution in [2.75, 3.05) is 7.11 Å². The van der Waals surface area contributed by atoms with E-state index in [0.717, 1.165) is 11.1 Å². The topological polar surface area (TPSA) is 63.6 Å². The number of carbonyl (C=O) groups is 2. The number of allylic oxidation sites excluding steroid dienone is 1. The standard InChI is InChI=1S/C13H14O2.C5H8O2/c1-3-11-6-4-5-7-12(11)9-8-10(2)13(14)15;1-4(2)5(6)7-3/h3-8H,1,9H2,2H3,(H,14,15);1H2,2-3H3. The molecular weight excluding hydrogens is 280 g/mol. The second-order valence-corrected chi connectivity index (χ2v) is 4.57. The summed E-state index contributed by atoms with van der Waals surface area (Å²) in [7, 11) is 1.33. The van der Waals surface area contributed by atoms with Crippen molar-refractivity contribution in [2.24, 2.45) is 0 Å². The third-order valence-electron chi connectivity index (χ3n) is 2.77. The van der Waals surface area contributed by atoms with Crippen molar-refractivity contribution in [3.8, 4) is 0 Å². The fraction of sp³-hybridized carbons (Fsp3) is 0.222. The van der Waals surface area contributed by atoms with Crippen LogP contribution in [0, 0.1) is 0 Å². The molecule has 0 unspecified atom stereocenters. The Kier molecular flexibility index (Phi) is 8.95. The number of ether oxygens (including phenoxy) is 1. The fourth-order valence-electron chi connectivity index (χ4n) is 1.44. The lowest BCUT2D eigenvalue weighted by atomic mass is 10.0. The Morgan fingerprint density at radius 1 is 1.27 bits per heavy atom. The third-order valence-corrected chi connectivity index (χ3v) is 2.77. The molecule has 0 radical (unpaired) electrons. The minimum absolute atomic E-state index is 0.347. The van der Waals surface area contributed by atoms with Crippen LogP contribution in [0.5, 0.6) is 0 Å². The van der Waals surface area contributed by atoms with Gasteiger partial charge in [-0.15, -0.1) is 0 Å². The maximum absolute atomic E-state index is 10.6. The Labute approximate surface area is 131 Å².